The van der Waals surface area contributed by atoms with E-state index in [1.807, 2.05) is 18.2 Å². The highest BCUT2D eigenvalue weighted by Gasteiger charge is 2.15. The maximum absolute atomic E-state index is 11.5. The monoisotopic (exact) mass is 259 g/mol. The molecule has 0 radical (unpaired) electrons. The summed E-state index contributed by atoms with van der Waals surface area (Å²) in [7, 11) is 1.41. The average molecular weight is 259 g/mol. The van der Waals surface area contributed by atoms with Crippen molar-refractivity contribution in [2.45, 2.75) is 26.2 Å². The van der Waals surface area contributed by atoms with Crippen molar-refractivity contribution >= 4 is 17.7 Å². The SMILES string of the molecule is CCCCCN1CC=Cc2cc(C(=O)OC)ccc21. The summed E-state index contributed by atoms with van der Waals surface area (Å²) in [6, 6.07) is 5.78. The van der Waals surface area contributed by atoms with Crippen LogP contribution in [0.5, 0.6) is 0 Å². The van der Waals surface area contributed by atoms with Crippen LogP contribution in [-0.2, 0) is 4.74 Å². The van der Waals surface area contributed by atoms with Crippen molar-refractivity contribution in [3.8, 4) is 0 Å². The van der Waals surface area contributed by atoms with Crippen molar-refractivity contribution in [2.75, 3.05) is 25.1 Å². The van der Waals surface area contributed by atoms with Crippen LogP contribution in [0.3, 0.4) is 0 Å². The van der Waals surface area contributed by atoms with Gasteiger partial charge in [0.2, 0.25) is 0 Å². The summed E-state index contributed by atoms with van der Waals surface area (Å²) in [6.07, 6.45) is 7.93. The Morgan fingerprint density at radius 2 is 2.21 bits per heavy atom. The minimum Gasteiger partial charge on any atom is -0.465 e. The molecular weight excluding hydrogens is 238 g/mol. The fraction of sp³-hybridized carbons (Fsp3) is 0.438. The molecule has 3 nitrogen and oxygen atoms in total. The van der Waals surface area contributed by atoms with Gasteiger partial charge in [0, 0.05) is 18.8 Å². The second-order valence-corrected chi connectivity index (χ2v) is 4.82. The van der Waals surface area contributed by atoms with Gasteiger partial charge in [0.15, 0.2) is 0 Å². The van der Waals surface area contributed by atoms with E-state index in [1.54, 1.807) is 0 Å². The summed E-state index contributed by atoms with van der Waals surface area (Å²) >= 11 is 0. The van der Waals surface area contributed by atoms with Crippen LogP contribution in [0.4, 0.5) is 5.69 Å². The third-order valence-electron chi connectivity index (χ3n) is 3.44. The molecule has 1 heterocycles. The lowest BCUT2D eigenvalue weighted by Crippen LogP contribution is -2.27. The highest BCUT2D eigenvalue weighted by molar-refractivity contribution is 5.91. The first kappa shape index (κ1) is 13.7. The van der Waals surface area contributed by atoms with Crippen LogP contribution in [0.15, 0.2) is 24.3 Å². The molecule has 1 aromatic carbocycles. The number of unbranched alkanes of at least 4 members (excludes halogenated alkanes) is 2. The lowest BCUT2D eigenvalue weighted by molar-refractivity contribution is 0.0600. The van der Waals surface area contributed by atoms with E-state index in [-0.39, 0.29) is 5.97 Å². The quantitative estimate of drug-likeness (QED) is 0.599. The Balaban J connectivity index is 2.16. The molecule has 1 aromatic rings. The molecule has 0 amide bonds. The van der Waals surface area contributed by atoms with E-state index in [9.17, 15) is 4.79 Å². The topological polar surface area (TPSA) is 29.5 Å². The Bertz CT molecular complexity index is 480. The van der Waals surface area contributed by atoms with E-state index < -0.39 is 0 Å². The smallest absolute Gasteiger partial charge is 0.337 e. The van der Waals surface area contributed by atoms with Gasteiger partial charge in [0.25, 0.3) is 0 Å². The summed E-state index contributed by atoms with van der Waals surface area (Å²) < 4.78 is 4.76. The molecule has 0 aliphatic carbocycles. The van der Waals surface area contributed by atoms with Gasteiger partial charge in [-0.3, -0.25) is 0 Å². The number of fused-ring (bicyclic) bond motifs is 1. The first-order chi connectivity index (χ1) is 9.26. The Hall–Kier alpha value is -1.77. The van der Waals surface area contributed by atoms with Crippen LogP contribution in [0.2, 0.25) is 0 Å². The zero-order valence-corrected chi connectivity index (χ0v) is 11.7. The van der Waals surface area contributed by atoms with Crippen molar-refractivity contribution < 1.29 is 9.53 Å². The molecule has 1 aliphatic rings. The molecule has 0 unspecified atom stereocenters. The molecule has 0 fully saturated rings. The van der Waals surface area contributed by atoms with Gasteiger partial charge in [0.1, 0.15) is 0 Å². The van der Waals surface area contributed by atoms with Gasteiger partial charge in [-0.1, -0.05) is 31.9 Å². The molecule has 1 aliphatic heterocycles. The van der Waals surface area contributed by atoms with Crippen molar-refractivity contribution in [3.63, 3.8) is 0 Å². The van der Waals surface area contributed by atoms with Crippen LogP contribution >= 0.6 is 0 Å². The van der Waals surface area contributed by atoms with E-state index in [1.165, 1.54) is 32.1 Å². The highest BCUT2D eigenvalue weighted by atomic mass is 16.5. The Kier molecular flexibility index (Phi) is 4.61. The zero-order valence-electron chi connectivity index (χ0n) is 11.7. The van der Waals surface area contributed by atoms with Crippen LogP contribution in [0.1, 0.15) is 42.1 Å². The molecule has 0 spiro atoms. The maximum atomic E-state index is 11.5. The molecule has 0 atom stereocenters. The fourth-order valence-electron chi connectivity index (χ4n) is 2.39. The number of anilines is 1. The van der Waals surface area contributed by atoms with Crippen molar-refractivity contribution in [1.29, 1.82) is 0 Å². The van der Waals surface area contributed by atoms with Crippen molar-refractivity contribution in [1.82, 2.24) is 0 Å². The number of hydrogen-bond donors (Lipinski definition) is 0. The van der Waals surface area contributed by atoms with Crippen LogP contribution in [0.25, 0.3) is 6.08 Å². The zero-order chi connectivity index (χ0) is 13.7. The average Bonchev–Trinajstić information content (AvgIpc) is 2.46. The number of hydrogen-bond acceptors (Lipinski definition) is 3. The van der Waals surface area contributed by atoms with Gasteiger partial charge in [-0.25, -0.2) is 4.79 Å². The molecule has 0 saturated heterocycles. The molecule has 2 rings (SSSR count). The summed E-state index contributed by atoms with van der Waals surface area (Å²) in [6.45, 7) is 4.24. The maximum Gasteiger partial charge on any atom is 0.337 e. The summed E-state index contributed by atoms with van der Waals surface area (Å²) in [4.78, 5) is 13.9. The van der Waals surface area contributed by atoms with Crippen LogP contribution < -0.4 is 4.90 Å². The molecule has 0 saturated carbocycles. The minimum absolute atomic E-state index is 0.278. The minimum atomic E-state index is -0.278. The fourth-order valence-corrected chi connectivity index (χ4v) is 2.39. The lowest BCUT2D eigenvalue weighted by atomic mass is 10.0. The molecule has 0 N–H and O–H groups in total. The molecule has 102 valence electrons. The number of ether oxygens (including phenoxy) is 1. The Morgan fingerprint density at radius 3 is 2.95 bits per heavy atom. The Morgan fingerprint density at radius 1 is 1.37 bits per heavy atom. The number of carbonyl (C=O) groups is 1. The predicted octanol–water partition coefficient (Wildman–Crippen LogP) is 3.50. The molecule has 19 heavy (non-hydrogen) atoms. The van der Waals surface area contributed by atoms with Gasteiger partial charge < -0.3 is 9.64 Å². The van der Waals surface area contributed by atoms with E-state index in [0.29, 0.717) is 5.56 Å². The predicted molar refractivity (Wildman–Crippen MR) is 78.6 cm³/mol. The van der Waals surface area contributed by atoms with Gasteiger partial charge in [-0.05, 0) is 30.2 Å². The first-order valence-corrected chi connectivity index (χ1v) is 6.90. The number of benzene rings is 1. The highest BCUT2D eigenvalue weighted by Crippen LogP contribution is 2.27. The molecular formula is C16H21NO2. The van der Waals surface area contributed by atoms with Crippen molar-refractivity contribution in [2.24, 2.45) is 0 Å². The number of carbonyl (C=O) groups excluding carboxylic acids is 1. The Labute approximate surface area is 114 Å². The molecule has 0 bridgehead atoms. The third-order valence-corrected chi connectivity index (χ3v) is 3.44. The van der Waals surface area contributed by atoms with Gasteiger partial charge in [-0.15, -0.1) is 0 Å². The van der Waals surface area contributed by atoms with Crippen LogP contribution in [-0.4, -0.2) is 26.2 Å². The van der Waals surface area contributed by atoms with E-state index >= 15 is 0 Å². The van der Waals surface area contributed by atoms with E-state index in [0.717, 1.165) is 18.7 Å². The van der Waals surface area contributed by atoms with Gasteiger partial charge in [0.05, 0.1) is 12.7 Å². The second kappa shape index (κ2) is 6.41. The standard InChI is InChI=1S/C16H21NO2/c1-3-4-5-10-17-11-6-7-13-12-14(16(18)19-2)8-9-15(13)17/h6-9,12H,3-5,10-11H2,1-2H3. The first-order valence-electron chi connectivity index (χ1n) is 6.90. The van der Waals surface area contributed by atoms with E-state index in [4.69, 9.17) is 4.74 Å². The number of methoxy groups -OCH3 is 1. The third kappa shape index (κ3) is 3.16. The largest absolute Gasteiger partial charge is 0.465 e. The number of nitrogens with zero attached hydrogens (tertiary/aromatic N) is 1. The van der Waals surface area contributed by atoms with Crippen molar-refractivity contribution in [3.05, 3.63) is 35.4 Å². The second-order valence-electron chi connectivity index (χ2n) is 4.82. The summed E-state index contributed by atoms with van der Waals surface area (Å²) in [5.41, 5.74) is 2.93. The number of esters is 1. The van der Waals surface area contributed by atoms with Gasteiger partial charge in [-0.2, -0.15) is 0 Å². The van der Waals surface area contributed by atoms with E-state index in [2.05, 4.69) is 24.0 Å². The number of rotatable bonds is 5. The lowest BCUT2D eigenvalue weighted by Gasteiger charge is -2.28. The summed E-state index contributed by atoms with van der Waals surface area (Å²) in [5.74, 6) is -0.278. The normalized spacial score (nSPS) is 13.3. The van der Waals surface area contributed by atoms with Gasteiger partial charge >= 0.3 is 5.97 Å². The molecule has 0 aromatic heterocycles. The van der Waals surface area contributed by atoms with Crippen LogP contribution in [0, 0.1) is 0 Å². The molecule has 3 heteroatoms. The summed E-state index contributed by atoms with van der Waals surface area (Å²) in [5, 5.41) is 0.